The normalized spacial score (nSPS) is 22.3. The Morgan fingerprint density at radius 2 is 1.69 bits per heavy atom. The maximum absolute atomic E-state index is 12.4. The number of rotatable bonds is 9. The number of aromatic nitrogens is 2. The van der Waals surface area contributed by atoms with Gasteiger partial charge in [-0.2, -0.15) is 4.98 Å². The van der Waals surface area contributed by atoms with Crippen molar-refractivity contribution in [3.63, 3.8) is 0 Å². The number of hydrogen-bond donors (Lipinski definition) is 2. The van der Waals surface area contributed by atoms with Gasteiger partial charge < -0.3 is 30.5 Å². The molecule has 1 saturated carbocycles. The predicted molar refractivity (Wildman–Crippen MR) is 162 cm³/mol. The van der Waals surface area contributed by atoms with E-state index < -0.39 is 5.91 Å². The third-order valence-corrected chi connectivity index (χ3v) is 9.01. The van der Waals surface area contributed by atoms with Crippen molar-refractivity contribution in [3.8, 4) is 5.88 Å². The number of ether oxygens (including phenoxy) is 1. The topological polar surface area (TPSA) is 120 Å². The van der Waals surface area contributed by atoms with Gasteiger partial charge in [-0.15, -0.1) is 0 Å². The first kappa shape index (κ1) is 28.4. The van der Waals surface area contributed by atoms with Crippen molar-refractivity contribution in [2.75, 3.05) is 69.6 Å². The lowest BCUT2D eigenvalue weighted by Crippen LogP contribution is -2.52. The fourth-order valence-electron chi connectivity index (χ4n) is 6.28. The zero-order chi connectivity index (χ0) is 29.2. The van der Waals surface area contributed by atoms with Crippen LogP contribution in [0.1, 0.15) is 54.2 Å². The van der Waals surface area contributed by atoms with Crippen LogP contribution in [0.3, 0.4) is 0 Å². The summed E-state index contributed by atoms with van der Waals surface area (Å²) >= 11 is 0. The number of nitrogens with one attached hydrogen (secondary N) is 1. The monoisotopic (exact) mass is 574 g/mol. The number of hydrogen-bond acceptors (Lipinski definition) is 9. The van der Waals surface area contributed by atoms with Crippen molar-refractivity contribution in [2.45, 2.75) is 50.2 Å². The molecule has 0 radical (unpaired) electrons. The first-order chi connectivity index (χ1) is 20.4. The summed E-state index contributed by atoms with van der Waals surface area (Å²) < 4.78 is 6.30. The summed E-state index contributed by atoms with van der Waals surface area (Å²) in [5, 5.41) is 3.26. The third-order valence-electron chi connectivity index (χ3n) is 9.01. The molecule has 3 saturated heterocycles. The van der Waals surface area contributed by atoms with E-state index >= 15 is 0 Å². The van der Waals surface area contributed by atoms with E-state index in [1.54, 1.807) is 4.90 Å². The lowest BCUT2D eigenvalue weighted by atomic mass is 10.0. The maximum atomic E-state index is 12.4. The zero-order valence-electron chi connectivity index (χ0n) is 24.5. The summed E-state index contributed by atoms with van der Waals surface area (Å²) in [6.45, 7) is 11.4. The molecule has 42 heavy (non-hydrogen) atoms. The molecule has 1 aromatic heterocycles. The minimum atomic E-state index is -0.637. The second-order valence-corrected chi connectivity index (χ2v) is 12.0. The van der Waals surface area contributed by atoms with Gasteiger partial charge in [0.15, 0.2) is 11.5 Å². The largest absolute Gasteiger partial charge is 0.471 e. The Hall–Kier alpha value is -3.70. The van der Waals surface area contributed by atoms with Crippen LogP contribution in [-0.2, 0) is 4.79 Å². The second kappa shape index (κ2) is 12.3. The first-order valence-corrected chi connectivity index (χ1v) is 15.2. The molecular formula is C31H42N8O3. The number of amides is 2. The van der Waals surface area contributed by atoms with Crippen LogP contribution in [0.4, 0.5) is 17.2 Å². The second-order valence-electron chi connectivity index (χ2n) is 12.0. The highest BCUT2D eigenvalue weighted by Crippen LogP contribution is 2.44. The summed E-state index contributed by atoms with van der Waals surface area (Å²) in [6, 6.07) is 8.89. The van der Waals surface area contributed by atoms with Gasteiger partial charge in [-0.1, -0.05) is 6.58 Å². The number of piperidine rings is 1. The molecule has 4 aliphatic rings. The minimum absolute atomic E-state index is 0.106. The number of likely N-dealkylation sites (N-methyl/N-ethyl adjacent to an activating group) is 1. The molecule has 2 aromatic rings. The molecule has 0 spiro atoms. The van der Waals surface area contributed by atoms with Gasteiger partial charge in [0, 0.05) is 75.6 Å². The van der Waals surface area contributed by atoms with Crippen molar-refractivity contribution >= 4 is 29.0 Å². The van der Waals surface area contributed by atoms with Crippen LogP contribution in [0.2, 0.25) is 0 Å². The number of anilines is 3. The Kier molecular flexibility index (Phi) is 8.30. The summed E-state index contributed by atoms with van der Waals surface area (Å²) in [6.07, 6.45) is 6.11. The molecule has 3 aliphatic heterocycles. The van der Waals surface area contributed by atoms with Gasteiger partial charge in [0.1, 0.15) is 11.8 Å². The molecule has 0 bridgehead atoms. The lowest BCUT2D eigenvalue weighted by Gasteiger charge is -2.42. The van der Waals surface area contributed by atoms with Crippen LogP contribution >= 0.6 is 0 Å². The van der Waals surface area contributed by atoms with Gasteiger partial charge in [-0.25, -0.2) is 4.98 Å². The van der Waals surface area contributed by atoms with E-state index in [1.165, 1.54) is 37.7 Å². The van der Waals surface area contributed by atoms with E-state index in [1.807, 2.05) is 12.1 Å². The molecule has 4 heterocycles. The number of carbonyl (C=O) groups is 2. The zero-order valence-corrected chi connectivity index (χ0v) is 24.5. The number of carbonyl (C=O) groups excluding carboxylic acids is 2. The van der Waals surface area contributed by atoms with Crippen LogP contribution in [0.5, 0.6) is 5.88 Å². The standard InChI is InChI=1S/C31H42N8O3/c1-3-26(40)39-15-12-25(20-39)42-31-27(21-4-5-21)34-28(29(32)41)30(35-31)33-22-6-8-23(9-7-22)37-13-10-24(11-14-37)38-18-16-36(2)17-19-38/h3,6-9,21,24-25H,1,4-5,10-20H2,2H3,(H2,32,41)(H,33,35)/t25-/m1/s1. The number of piperazine rings is 1. The highest BCUT2D eigenvalue weighted by atomic mass is 16.5. The van der Waals surface area contributed by atoms with Gasteiger partial charge in [-0.05, 0) is 63.1 Å². The van der Waals surface area contributed by atoms with E-state index in [4.69, 9.17) is 15.5 Å². The van der Waals surface area contributed by atoms with Crippen LogP contribution in [-0.4, -0.2) is 108 Å². The Bertz CT molecular complexity index is 1300. The van der Waals surface area contributed by atoms with Gasteiger partial charge in [0.2, 0.25) is 11.8 Å². The maximum Gasteiger partial charge on any atom is 0.271 e. The van der Waals surface area contributed by atoms with Crippen molar-refractivity contribution in [1.29, 1.82) is 0 Å². The molecule has 0 unspecified atom stereocenters. The first-order valence-electron chi connectivity index (χ1n) is 15.2. The number of benzene rings is 1. The summed E-state index contributed by atoms with van der Waals surface area (Å²) in [4.78, 5) is 43.1. The van der Waals surface area contributed by atoms with Crippen LogP contribution in [0.25, 0.3) is 0 Å². The van der Waals surface area contributed by atoms with E-state index in [2.05, 4.69) is 50.8 Å². The minimum Gasteiger partial charge on any atom is -0.471 e. The highest BCUT2D eigenvalue weighted by molar-refractivity contribution is 5.96. The predicted octanol–water partition coefficient (Wildman–Crippen LogP) is 2.58. The summed E-state index contributed by atoms with van der Waals surface area (Å²) in [7, 11) is 2.20. The summed E-state index contributed by atoms with van der Waals surface area (Å²) in [5.74, 6) is 0.139. The van der Waals surface area contributed by atoms with Crippen LogP contribution in [0, 0.1) is 0 Å². The average molecular weight is 575 g/mol. The molecule has 1 aliphatic carbocycles. The molecule has 6 rings (SSSR count). The van der Waals surface area contributed by atoms with E-state index in [0.29, 0.717) is 37.1 Å². The van der Waals surface area contributed by atoms with E-state index in [9.17, 15) is 9.59 Å². The fourth-order valence-corrected chi connectivity index (χ4v) is 6.28. The molecule has 1 atom stereocenters. The van der Waals surface area contributed by atoms with E-state index in [-0.39, 0.29) is 29.4 Å². The highest BCUT2D eigenvalue weighted by Gasteiger charge is 2.34. The van der Waals surface area contributed by atoms with E-state index in [0.717, 1.165) is 44.7 Å². The van der Waals surface area contributed by atoms with Crippen molar-refractivity contribution in [1.82, 2.24) is 24.7 Å². The molecule has 2 amide bonds. The quantitative estimate of drug-likeness (QED) is 0.436. The summed E-state index contributed by atoms with van der Waals surface area (Å²) in [5.41, 5.74) is 8.49. The van der Waals surface area contributed by atoms with Crippen molar-refractivity contribution in [3.05, 3.63) is 48.3 Å². The molecular weight excluding hydrogens is 532 g/mol. The SMILES string of the molecule is C=CC(=O)N1CC[C@@H](Oc2nc(Nc3ccc(N4CCC(N5CCN(C)CC5)CC4)cc3)c(C(N)=O)nc2C2CC2)C1. The smallest absolute Gasteiger partial charge is 0.271 e. The van der Waals surface area contributed by atoms with Gasteiger partial charge in [0.25, 0.3) is 5.91 Å². The Morgan fingerprint density at radius 1 is 0.976 bits per heavy atom. The molecule has 3 N–H and O–H groups in total. The lowest BCUT2D eigenvalue weighted by molar-refractivity contribution is -0.125. The Balaban J connectivity index is 1.13. The van der Waals surface area contributed by atoms with Crippen LogP contribution < -0.4 is 20.7 Å². The molecule has 11 nitrogen and oxygen atoms in total. The van der Waals surface area contributed by atoms with Gasteiger partial charge >= 0.3 is 0 Å². The fraction of sp³-hybridized carbons (Fsp3) is 0.548. The molecule has 11 heteroatoms. The molecule has 1 aromatic carbocycles. The molecule has 4 fully saturated rings. The Labute approximate surface area is 247 Å². The van der Waals surface area contributed by atoms with Gasteiger partial charge in [0.05, 0.1) is 6.54 Å². The third kappa shape index (κ3) is 6.37. The average Bonchev–Trinajstić information content (AvgIpc) is 3.75. The van der Waals surface area contributed by atoms with Crippen molar-refractivity contribution < 1.29 is 14.3 Å². The number of primary amides is 1. The number of nitrogens with two attached hydrogens (primary N) is 1. The van der Waals surface area contributed by atoms with Gasteiger partial charge in [-0.3, -0.25) is 14.5 Å². The Morgan fingerprint density at radius 3 is 2.33 bits per heavy atom. The van der Waals surface area contributed by atoms with Crippen molar-refractivity contribution in [2.24, 2.45) is 5.73 Å². The number of nitrogens with zero attached hydrogens (tertiary/aromatic N) is 6. The molecule has 224 valence electrons. The number of likely N-dealkylation sites (tertiary alicyclic amines) is 1. The van der Waals surface area contributed by atoms with Crippen LogP contribution in [0.15, 0.2) is 36.9 Å².